The molecule has 0 aromatic rings. The number of carbonyl (C=O) groups is 1. The van der Waals surface area contributed by atoms with Gasteiger partial charge in [0.05, 0.1) is 6.67 Å². The molecule has 64 valence electrons. The van der Waals surface area contributed by atoms with Crippen molar-refractivity contribution in [1.29, 1.82) is 0 Å². The van der Waals surface area contributed by atoms with Gasteiger partial charge in [-0.25, -0.2) is 0 Å². The molecule has 11 heavy (non-hydrogen) atoms. The number of amides is 1. The second kappa shape index (κ2) is 3.67. The molecule has 2 unspecified atom stereocenters. The Morgan fingerprint density at radius 3 is 3.00 bits per heavy atom. The summed E-state index contributed by atoms with van der Waals surface area (Å²) in [6, 6.07) is -0.0162. The van der Waals surface area contributed by atoms with Gasteiger partial charge in [-0.1, -0.05) is 0 Å². The molecule has 1 fully saturated rings. The molecule has 4 heteroatoms. The quantitative estimate of drug-likeness (QED) is 0.581. The van der Waals surface area contributed by atoms with Gasteiger partial charge >= 0.3 is 0 Å². The Hall–Kier alpha value is -0.640. The topological polar surface area (TPSA) is 41.1 Å². The maximum atomic E-state index is 12.2. The lowest BCUT2D eigenvalue weighted by Crippen LogP contribution is -2.39. The van der Waals surface area contributed by atoms with Crippen LogP contribution in [0.2, 0.25) is 0 Å². The van der Waals surface area contributed by atoms with Crippen LogP contribution in [0.25, 0.3) is 0 Å². The summed E-state index contributed by atoms with van der Waals surface area (Å²) >= 11 is 0. The molecule has 1 rings (SSSR count). The predicted molar refractivity (Wildman–Crippen MR) is 39.9 cm³/mol. The Balaban J connectivity index is 2.37. The van der Waals surface area contributed by atoms with Crippen molar-refractivity contribution >= 4 is 5.91 Å². The molecule has 2 N–H and O–H groups in total. The normalized spacial score (nSPS) is 30.4. The van der Waals surface area contributed by atoms with Crippen LogP contribution in [0.3, 0.4) is 0 Å². The third-order valence-electron chi connectivity index (χ3n) is 1.93. The second-order valence-electron chi connectivity index (χ2n) is 2.88. The lowest BCUT2D eigenvalue weighted by Gasteiger charge is -2.15. The molecule has 1 saturated heterocycles. The molecule has 0 aromatic carbocycles. The maximum Gasteiger partial charge on any atom is 0.217 e. The van der Waals surface area contributed by atoms with E-state index >= 15 is 0 Å². The zero-order valence-corrected chi connectivity index (χ0v) is 6.56. The second-order valence-corrected chi connectivity index (χ2v) is 2.88. The zero-order chi connectivity index (χ0) is 8.27. The Morgan fingerprint density at radius 2 is 2.45 bits per heavy atom. The highest BCUT2D eigenvalue weighted by molar-refractivity contribution is 5.73. The van der Waals surface area contributed by atoms with Crippen LogP contribution >= 0.6 is 0 Å². The lowest BCUT2D eigenvalue weighted by molar-refractivity contribution is -0.119. The van der Waals surface area contributed by atoms with Crippen LogP contribution in [0.5, 0.6) is 0 Å². The first-order chi connectivity index (χ1) is 5.24. The Kier molecular flexibility index (Phi) is 2.82. The van der Waals surface area contributed by atoms with Gasteiger partial charge in [0.1, 0.15) is 0 Å². The number of halogens is 1. The van der Waals surface area contributed by atoms with Crippen LogP contribution in [0.4, 0.5) is 4.39 Å². The van der Waals surface area contributed by atoms with Crippen LogP contribution in [0.1, 0.15) is 6.92 Å². The van der Waals surface area contributed by atoms with Gasteiger partial charge in [0, 0.05) is 32.0 Å². The summed E-state index contributed by atoms with van der Waals surface area (Å²) in [6.45, 7) is 2.45. The number of hydrogen-bond acceptors (Lipinski definition) is 2. The van der Waals surface area contributed by atoms with E-state index in [0.29, 0.717) is 13.1 Å². The van der Waals surface area contributed by atoms with E-state index in [1.54, 1.807) is 0 Å². The smallest absolute Gasteiger partial charge is 0.217 e. The first-order valence-electron chi connectivity index (χ1n) is 3.78. The van der Waals surface area contributed by atoms with Gasteiger partial charge < -0.3 is 10.6 Å². The van der Waals surface area contributed by atoms with Gasteiger partial charge in [0.2, 0.25) is 5.91 Å². The summed E-state index contributed by atoms with van der Waals surface area (Å²) in [7, 11) is 0. The standard InChI is InChI=1S/C7H13FN2O/c1-5(11)10-7-4-9-3-6(7)2-8/h6-7,9H,2-4H2,1H3,(H,10,11). The van der Waals surface area contributed by atoms with Crippen LogP contribution in [-0.4, -0.2) is 31.7 Å². The van der Waals surface area contributed by atoms with Gasteiger partial charge in [-0.2, -0.15) is 0 Å². The predicted octanol–water partition coefficient (Wildman–Crippen LogP) is -0.320. The van der Waals surface area contributed by atoms with E-state index in [2.05, 4.69) is 10.6 Å². The summed E-state index contributed by atoms with van der Waals surface area (Å²) in [5, 5.41) is 5.73. The van der Waals surface area contributed by atoms with E-state index in [1.165, 1.54) is 6.92 Å². The Bertz CT molecular complexity index is 151. The first kappa shape index (κ1) is 8.46. The van der Waals surface area contributed by atoms with Crippen molar-refractivity contribution in [3.63, 3.8) is 0 Å². The lowest BCUT2D eigenvalue weighted by atomic mass is 10.1. The monoisotopic (exact) mass is 160 g/mol. The zero-order valence-electron chi connectivity index (χ0n) is 6.56. The molecule has 1 aliphatic heterocycles. The highest BCUT2D eigenvalue weighted by atomic mass is 19.1. The number of carbonyl (C=O) groups excluding carboxylic acids is 1. The van der Waals surface area contributed by atoms with Crippen molar-refractivity contribution in [3.8, 4) is 0 Å². The van der Waals surface area contributed by atoms with Crippen molar-refractivity contribution in [2.24, 2.45) is 5.92 Å². The molecular weight excluding hydrogens is 147 g/mol. The van der Waals surface area contributed by atoms with Crippen molar-refractivity contribution in [1.82, 2.24) is 10.6 Å². The maximum absolute atomic E-state index is 12.2. The molecule has 1 amide bonds. The fourth-order valence-corrected chi connectivity index (χ4v) is 1.33. The number of nitrogens with one attached hydrogen (secondary N) is 2. The van der Waals surface area contributed by atoms with Gasteiger partial charge in [0.15, 0.2) is 0 Å². The molecule has 0 radical (unpaired) electrons. The summed E-state index contributed by atoms with van der Waals surface area (Å²) < 4.78 is 12.2. The average Bonchev–Trinajstić information content (AvgIpc) is 2.34. The Labute approximate surface area is 65.3 Å². The molecule has 2 atom stereocenters. The Morgan fingerprint density at radius 1 is 1.73 bits per heavy atom. The summed E-state index contributed by atoms with van der Waals surface area (Å²) in [4.78, 5) is 10.6. The molecular formula is C7H13FN2O. The summed E-state index contributed by atoms with van der Waals surface area (Å²) in [5.74, 6) is -0.129. The van der Waals surface area contributed by atoms with Crippen molar-refractivity contribution < 1.29 is 9.18 Å². The van der Waals surface area contributed by atoms with Crippen LogP contribution in [0.15, 0.2) is 0 Å². The molecule has 1 aliphatic rings. The van der Waals surface area contributed by atoms with E-state index in [1.807, 2.05) is 0 Å². The van der Waals surface area contributed by atoms with Gasteiger partial charge in [-0.05, 0) is 0 Å². The number of hydrogen-bond donors (Lipinski definition) is 2. The van der Waals surface area contributed by atoms with Crippen LogP contribution in [0, 0.1) is 5.92 Å². The fourth-order valence-electron chi connectivity index (χ4n) is 1.33. The highest BCUT2D eigenvalue weighted by Crippen LogP contribution is 2.08. The van der Waals surface area contributed by atoms with E-state index in [4.69, 9.17) is 0 Å². The van der Waals surface area contributed by atoms with Gasteiger partial charge in [-0.3, -0.25) is 9.18 Å². The third-order valence-corrected chi connectivity index (χ3v) is 1.93. The number of rotatable bonds is 2. The minimum atomic E-state index is -0.363. The highest BCUT2D eigenvalue weighted by Gasteiger charge is 2.27. The van der Waals surface area contributed by atoms with Gasteiger partial charge in [-0.15, -0.1) is 0 Å². The largest absolute Gasteiger partial charge is 0.352 e. The average molecular weight is 160 g/mol. The molecule has 1 heterocycles. The summed E-state index contributed by atoms with van der Waals surface area (Å²) in [6.07, 6.45) is 0. The molecule has 3 nitrogen and oxygen atoms in total. The van der Waals surface area contributed by atoms with Crippen molar-refractivity contribution in [2.75, 3.05) is 19.8 Å². The van der Waals surface area contributed by atoms with E-state index in [-0.39, 0.29) is 24.5 Å². The molecule has 0 saturated carbocycles. The summed E-state index contributed by atoms with van der Waals surface area (Å²) in [5.41, 5.74) is 0. The van der Waals surface area contributed by atoms with Crippen LogP contribution < -0.4 is 10.6 Å². The minimum Gasteiger partial charge on any atom is -0.352 e. The van der Waals surface area contributed by atoms with Crippen molar-refractivity contribution in [2.45, 2.75) is 13.0 Å². The fraction of sp³-hybridized carbons (Fsp3) is 0.857. The SMILES string of the molecule is CC(=O)NC1CNCC1CF. The first-order valence-corrected chi connectivity index (χ1v) is 3.78. The molecule has 0 bridgehead atoms. The van der Waals surface area contributed by atoms with E-state index in [0.717, 1.165) is 0 Å². The van der Waals surface area contributed by atoms with E-state index < -0.39 is 0 Å². The van der Waals surface area contributed by atoms with E-state index in [9.17, 15) is 9.18 Å². The molecule has 0 aliphatic carbocycles. The molecule has 0 aromatic heterocycles. The van der Waals surface area contributed by atoms with Crippen LogP contribution in [-0.2, 0) is 4.79 Å². The molecule has 0 spiro atoms. The number of alkyl halides is 1. The van der Waals surface area contributed by atoms with Gasteiger partial charge in [0.25, 0.3) is 0 Å². The third kappa shape index (κ3) is 2.15. The minimum absolute atomic E-state index is 0.0162. The van der Waals surface area contributed by atoms with Crippen molar-refractivity contribution in [3.05, 3.63) is 0 Å².